The highest BCUT2D eigenvalue weighted by atomic mass is 16.3. The van der Waals surface area contributed by atoms with Crippen LogP contribution in [-0.4, -0.2) is 28.6 Å². The first-order valence-electron chi connectivity index (χ1n) is 6.98. The standard InChI is InChI=1S/C15H22N2O2/c1-3-11(2)16-15(19)17-10-4-5-14(17)12-6-8-13(18)9-7-12/h6-9,11,14,18H,3-5,10H2,1-2H3,(H,16,19). The summed E-state index contributed by atoms with van der Waals surface area (Å²) in [5, 5.41) is 12.4. The molecule has 2 atom stereocenters. The highest BCUT2D eigenvalue weighted by Gasteiger charge is 2.30. The van der Waals surface area contributed by atoms with Crippen LogP contribution in [0.4, 0.5) is 4.79 Å². The average Bonchev–Trinajstić information content (AvgIpc) is 2.88. The number of hydrogen-bond donors (Lipinski definition) is 2. The summed E-state index contributed by atoms with van der Waals surface area (Å²) >= 11 is 0. The Bertz CT molecular complexity index is 430. The molecule has 4 nitrogen and oxygen atoms in total. The zero-order valence-corrected chi connectivity index (χ0v) is 11.6. The fourth-order valence-corrected chi connectivity index (χ4v) is 2.45. The SMILES string of the molecule is CCC(C)NC(=O)N1CCCC1c1ccc(O)cc1. The van der Waals surface area contributed by atoms with E-state index in [4.69, 9.17) is 0 Å². The second-order valence-electron chi connectivity index (χ2n) is 5.20. The van der Waals surface area contributed by atoms with Crippen molar-refractivity contribution in [1.29, 1.82) is 0 Å². The molecule has 19 heavy (non-hydrogen) atoms. The van der Waals surface area contributed by atoms with Gasteiger partial charge >= 0.3 is 6.03 Å². The van der Waals surface area contributed by atoms with E-state index in [1.807, 2.05) is 24.0 Å². The Kier molecular flexibility index (Phi) is 4.30. The summed E-state index contributed by atoms with van der Waals surface area (Å²) in [7, 11) is 0. The van der Waals surface area contributed by atoms with Crippen molar-refractivity contribution in [3.8, 4) is 5.75 Å². The molecule has 2 amide bonds. The number of phenolic OH excluding ortho intramolecular Hbond substituents is 1. The van der Waals surface area contributed by atoms with Gasteiger partial charge in [-0.05, 0) is 43.9 Å². The van der Waals surface area contributed by atoms with E-state index in [1.54, 1.807) is 12.1 Å². The Morgan fingerprint density at radius 3 is 2.79 bits per heavy atom. The summed E-state index contributed by atoms with van der Waals surface area (Å²) in [6, 6.07) is 7.50. The van der Waals surface area contributed by atoms with Crippen LogP contribution in [0.1, 0.15) is 44.7 Å². The number of carbonyl (C=O) groups is 1. The summed E-state index contributed by atoms with van der Waals surface area (Å²) in [4.78, 5) is 14.1. The zero-order valence-electron chi connectivity index (χ0n) is 11.6. The molecule has 0 spiro atoms. The van der Waals surface area contributed by atoms with Gasteiger partial charge in [0, 0.05) is 12.6 Å². The molecule has 0 aromatic heterocycles. The second kappa shape index (κ2) is 5.95. The molecule has 1 aromatic carbocycles. The first-order valence-corrected chi connectivity index (χ1v) is 6.98. The number of likely N-dealkylation sites (tertiary alicyclic amines) is 1. The van der Waals surface area contributed by atoms with Crippen molar-refractivity contribution < 1.29 is 9.90 Å². The summed E-state index contributed by atoms with van der Waals surface area (Å²) < 4.78 is 0. The van der Waals surface area contributed by atoms with Crippen LogP contribution in [0.15, 0.2) is 24.3 Å². The molecule has 1 aliphatic heterocycles. The van der Waals surface area contributed by atoms with E-state index in [-0.39, 0.29) is 23.9 Å². The molecule has 0 radical (unpaired) electrons. The van der Waals surface area contributed by atoms with Crippen molar-refractivity contribution in [2.45, 2.75) is 45.2 Å². The lowest BCUT2D eigenvalue weighted by Gasteiger charge is -2.27. The molecule has 1 aliphatic rings. The molecule has 2 rings (SSSR count). The van der Waals surface area contributed by atoms with Crippen molar-refractivity contribution >= 4 is 6.03 Å². The number of amides is 2. The fourth-order valence-electron chi connectivity index (χ4n) is 2.45. The molecule has 1 aromatic rings. The molecule has 1 fully saturated rings. The molecule has 0 saturated carbocycles. The first kappa shape index (κ1) is 13.7. The van der Waals surface area contributed by atoms with Gasteiger partial charge in [-0.3, -0.25) is 0 Å². The molecule has 1 saturated heterocycles. The van der Waals surface area contributed by atoms with Gasteiger partial charge in [0.2, 0.25) is 0 Å². The van der Waals surface area contributed by atoms with Gasteiger partial charge in [-0.2, -0.15) is 0 Å². The van der Waals surface area contributed by atoms with Crippen molar-refractivity contribution in [3.63, 3.8) is 0 Å². The minimum absolute atomic E-state index is 0.0184. The minimum Gasteiger partial charge on any atom is -0.508 e. The topological polar surface area (TPSA) is 52.6 Å². The van der Waals surface area contributed by atoms with E-state index >= 15 is 0 Å². The predicted octanol–water partition coefficient (Wildman–Crippen LogP) is 3.04. The third-order valence-electron chi connectivity index (χ3n) is 3.77. The number of phenols is 1. The van der Waals surface area contributed by atoms with Crippen molar-refractivity contribution in [2.75, 3.05) is 6.54 Å². The third-order valence-corrected chi connectivity index (χ3v) is 3.77. The van der Waals surface area contributed by atoms with Crippen molar-refractivity contribution in [2.24, 2.45) is 0 Å². The van der Waals surface area contributed by atoms with Crippen LogP contribution in [0.3, 0.4) is 0 Å². The summed E-state index contributed by atoms with van der Waals surface area (Å²) in [6.45, 7) is 4.88. The highest BCUT2D eigenvalue weighted by Crippen LogP contribution is 2.32. The van der Waals surface area contributed by atoms with Crippen LogP contribution in [-0.2, 0) is 0 Å². The van der Waals surface area contributed by atoms with E-state index in [9.17, 15) is 9.90 Å². The molecular formula is C15H22N2O2. The number of hydrogen-bond acceptors (Lipinski definition) is 2. The van der Waals surface area contributed by atoms with Crippen LogP contribution < -0.4 is 5.32 Å². The molecule has 4 heteroatoms. The third kappa shape index (κ3) is 3.19. The van der Waals surface area contributed by atoms with Crippen molar-refractivity contribution in [1.82, 2.24) is 10.2 Å². The molecule has 2 unspecified atom stereocenters. The van der Waals surface area contributed by atoms with Crippen LogP contribution in [0.5, 0.6) is 5.75 Å². The van der Waals surface area contributed by atoms with Gasteiger partial charge < -0.3 is 15.3 Å². The molecule has 2 N–H and O–H groups in total. The van der Waals surface area contributed by atoms with E-state index < -0.39 is 0 Å². The van der Waals surface area contributed by atoms with Gasteiger partial charge in [0.05, 0.1) is 6.04 Å². The number of aromatic hydroxyl groups is 1. The molecule has 1 heterocycles. The van der Waals surface area contributed by atoms with Gasteiger partial charge in [-0.15, -0.1) is 0 Å². The van der Waals surface area contributed by atoms with Crippen LogP contribution in [0.25, 0.3) is 0 Å². The Hall–Kier alpha value is -1.71. The summed E-state index contributed by atoms with van der Waals surface area (Å²) in [6.07, 6.45) is 2.95. The number of nitrogens with one attached hydrogen (secondary N) is 1. The predicted molar refractivity (Wildman–Crippen MR) is 75.1 cm³/mol. The van der Waals surface area contributed by atoms with E-state index in [1.165, 1.54) is 0 Å². The quantitative estimate of drug-likeness (QED) is 0.879. The van der Waals surface area contributed by atoms with E-state index in [0.717, 1.165) is 31.4 Å². The maximum absolute atomic E-state index is 12.2. The first-order chi connectivity index (χ1) is 9.11. The van der Waals surface area contributed by atoms with Gasteiger partial charge in [0.1, 0.15) is 5.75 Å². The Morgan fingerprint density at radius 1 is 1.47 bits per heavy atom. The lowest BCUT2D eigenvalue weighted by atomic mass is 10.0. The lowest BCUT2D eigenvalue weighted by Crippen LogP contribution is -2.43. The normalized spacial score (nSPS) is 20.3. The Labute approximate surface area is 114 Å². The maximum atomic E-state index is 12.2. The van der Waals surface area contributed by atoms with Gasteiger partial charge in [0.15, 0.2) is 0 Å². The van der Waals surface area contributed by atoms with Gasteiger partial charge in [-0.1, -0.05) is 19.1 Å². The number of carbonyl (C=O) groups excluding carboxylic acids is 1. The van der Waals surface area contributed by atoms with Crippen LogP contribution in [0.2, 0.25) is 0 Å². The van der Waals surface area contributed by atoms with E-state index in [0.29, 0.717) is 0 Å². The minimum atomic E-state index is 0.0184. The summed E-state index contributed by atoms with van der Waals surface area (Å²) in [5.41, 5.74) is 1.09. The van der Waals surface area contributed by atoms with Crippen LogP contribution in [0, 0.1) is 0 Å². The lowest BCUT2D eigenvalue weighted by molar-refractivity contribution is 0.189. The number of benzene rings is 1. The molecule has 0 aliphatic carbocycles. The van der Waals surface area contributed by atoms with Gasteiger partial charge in [-0.25, -0.2) is 4.79 Å². The van der Waals surface area contributed by atoms with Crippen molar-refractivity contribution in [3.05, 3.63) is 29.8 Å². The fraction of sp³-hybridized carbons (Fsp3) is 0.533. The smallest absolute Gasteiger partial charge is 0.318 e. The molecule has 0 bridgehead atoms. The van der Waals surface area contributed by atoms with E-state index in [2.05, 4.69) is 12.2 Å². The zero-order chi connectivity index (χ0) is 13.8. The molecule has 104 valence electrons. The Morgan fingerprint density at radius 2 is 2.16 bits per heavy atom. The van der Waals surface area contributed by atoms with Crippen LogP contribution >= 0.6 is 0 Å². The average molecular weight is 262 g/mol. The monoisotopic (exact) mass is 262 g/mol. The number of rotatable bonds is 3. The second-order valence-corrected chi connectivity index (χ2v) is 5.20. The summed E-state index contributed by atoms with van der Waals surface area (Å²) in [5.74, 6) is 0.261. The number of nitrogens with zero attached hydrogens (tertiary/aromatic N) is 1. The Balaban J connectivity index is 2.08. The number of urea groups is 1. The highest BCUT2D eigenvalue weighted by molar-refractivity contribution is 5.75. The largest absolute Gasteiger partial charge is 0.508 e. The van der Waals surface area contributed by atoms with Gasteiger partial charge in [0.25, 0.3) is 0 Å². The molecular weight excluding hydrogens is 240 g/mol. The maximum Gasteiger partial charge on any atom is 0.318 e.